The Hall–Kier alpha value is -2.15. The zero-order valence-corrected chi connectivity index (χ0v) is 13.4. The van der Waals surface area contributed by atoms with Crippen molar-refractivity contribution in [2.24, 2.45) is 0 Å². The van der Waals surface area contributed by atoms with Gasteiger partial charge in [-0.2, -0.15) is 0 Å². The van der Waals surface area contributed by atoms with Crippen molar-refractivity contribution in [1.82, 2.24) is 14.9 Å². The molecule has 116 valence electrons. The molecule has 22 heavy (non-hydrogen) atoms. The second kappa shape index (κ2) is 5.92. The van der Waals surface area contributed by atoms with Crippen LogP contribution in [0.25, 0.3) is 0 Å². The molecule has 1 amide bonds. The highest BCUT2D eigenvalue weighted by molar-refractivity contribution is 7.15. The number of piperazine rings is 1. The molecule has 0 aliphatic carbocycles. The molecule has 2 aromatic rings. The molecule has 0 atom stereocenters. The molecule has 1 saturated heterocycles. The Morgan fingerprint density at radius 2 is 2.00 bits per heavy atom. The number of carbonyl (C=O) groups is 1. The minimum Gasteiger partial charge on any atom is -0.345 e. The summed E-state index contributed by atoms with van der Waals surface area (Å²) in [5.74, 6) is -0.201. The number of nitrogens with one attached hydrogen (secondary N) is 1. The SMILES string of the molecule is Cc1nc(N2CCN(C(=O)c3ccc[nH]c3=O)CC2)sc1C. The van der Waals surface area contributed by atoms with Gasteiger partial charge in [0.25, 0.3) is 11.5 Å². The Kier molecular flexibility index (Phi) is 3.98. The van der Waals surface area contributed by atoms with Crippen molar-refractivity contribution in [3.05, 3.63) is 44.8 Å². The number of H-pyrrole nitrogens is 1. The predicted molar refractivity (Wildman–Crippen MR) is 86.8 cm³/mol. The molecular formula is C15H18N4O2S. The monoisotopic (exact) mass is 318 g/mol. The minimum atomic E-state index is -0.332. The van der Waals surface area contributed by atoms with Gasteiger partial charge in [-0.1, -0.05) is 0 Å². The quantitative estimate of drug-likeness (QED) is 0.909. The number of aromatic nitrogens is 2. The van der Waals surface area contributed by atoms with Crippen molar-refractivity contribution in [1.29, 1.82) is 0 Å². The largest absolute Gasteiger partial charge is 0.345 e. The molecule has 1 aliphatic rings. The average molecular weight is 318 g/mol. The Balaban J connectivity index is 1.68. The van der Waals surface area contributed by atoms with Gasteiger partial charge < -0.3 is 14.8 Å². The molecule has 0 aromatic carbocycles. The molecule has 7 heteroatoms. The molecule has 3 heterocycles. The highest BCUT2D eigenvalue weighted by atomic mass is 32.1. The number of amides is 1. The van der Waals surface area contributed by atoms with E-state index in [1.165, 1.54) is 11.1 Å². The van der Waals surface area contributed by atoms with Gasteiger partial charge in [0.2, 0.25) is 0 Å². The lowest BCUT2D eigenvalue weighted by Crippen LogP contribution is -2.49. The summed E-state index contributed by atoms with van der Waals surface area (Å²) in [7, 11) is 0. The third kappa shape index (κ3) is 2.76. The van der Waals surface area contributed by atoms with Gasteiger partial charge in [0.05, 0.1) is 5.69 Å². The van der Waals surface area contributed by atoms with Crippen molar-refractivity contribution >= 4 is 22.4 Å². The first-order valence-electron chi connectivity index (χ1n) is 7.22. The van der Waals surface area contributed by atoms with E-state index in [9.17, 15) is 9.59 Å². The molecule has 0 bridgehead atoms. The smallest absolute Gasteiger partial charge is 0.260 e. The molecule has 0 saturated carbocycles. The molecule has 1 fully saturated rings. The summed E-state index contributed by atoms with van der Waals surface area (Å²) in [4.78, 5) is 36.4. The van der Waals surface area contributed by atoms with Crippen LogP contribution < -0.4 is 10.5 Å². The number of carbonyl (C=O) groups excluding carboxylic acids is 1. The average Bonchev–Trinajstić information content (AvgIpc) is 2.87. The van der Waals surface area contributed by atoms with Gasteiger partial charge in [0.1, 0.15) is 5.56 Å². The Labute approximate surface area is 132 Å². The topological polar surface area (TPSA) is 69.3 Å². The van der Waals surface area contributed by atoms with Crippen LogP contribution in [0.5, 0.6) is 0 Å². The standard InChI is InChI=1S/C15H18N4O2S/c1-10-11(2)22-15(17-10)19-8-6-18(7-9-19)14(21)12-4-3-5-16-13(12)20/h3-5H,6-9H2,1-2H3,(H,16,20). The van der Waals surface area contributed by atoms with Crippen LogP contribution in [0, 0.1) is 13.8 Å². The lowest BCUT2D eigenvalue weighted by atomic mass is 10.2. The van der Waals surface area contributed by atoms with Crippen LogP contribution >= 0.6 is 11.3 Å². The zero-order valence-electron chi connectivity index (χ0n) is 12.6. The fraction of sp³-hybridized carbons (Fsp3) is 0.400. The summed E-state index contributed by atoms with van der Waals surface area (Å²) in [5, 5.41) is 1.01. The van der Waals surface area contributed by atoms with Gasteiger partial charge in [-0.25, -0.2) is 4.98 Å². The number of aromatic amines is 1. The molecule has 0 spiro atoms. The van der Waals surface area contributed by atoms with Crippen molar-refractivity contribution < 1.29 is 4.79 Å². The Bertz CT molecular complexity index is 724. The van der Waals surface area contributed by atoms with E-state index in [-0.39, 0.29) is 17.0 Å². The molecule has 3 rings (SSSR count). The zero-order chi connectivity index (χ0) is 15.7. The Morgan fingerprint density at radius 3 is 2.59 bits per heavy atom. The van der Waals surface area contributed by atoms with E-state index in [1.807, 2.05) is 6.92 Å². The maximum Gasteiger partial charge on any atom is 0.260 e. The maximum absolute atomic E-state index is 12.4. The van der Waals surface area contributed by atoms with Gasteiger partial charge in [0.15, 0.2) is 5.13 Å². The number of nitrogens with zero attached hydrogens (tertiary/aromatic N) is 3. The third-order valence-corrected chi connectivity index (χ3v) is 5.04. The van der Waals surface area contributed by atoms with Crippen molar-refractivity contribution in [3.8, 4) is 0 Å². The van der Waals surface area contributed by atoms with Crippen LogP contribution in [0.4, 0.5) is 5.13 Å². The molecule has 1 aliphatic heterocycles. The lowest BCUT2D eigenvalue weighted by Gasteiger charge is -2.34. The third-order valence-electron chi connectivity index (χ3n) is 3.90. The molecule has 0 radical (unpaired) electrons. The highest BCUT2D eigenvalue weighted by Gasteiger charge is 2.25. The van der Waals surface area contributed by atoms with Crippen LogP contribution in [0.15, 0.2) is 23.1 Å². The summed E-state index contributed by atoms with van der Waals surface area (Å²) >= 11 is 1.69. The summed E-state index contributed by atoms with van der Waals surface area (Å²) in [6.07, 6.45) is 1.53. The van der Waals surface area contributed by atoms with Crippen LogP contribution in [0.1, 0.15) is 20.9 Å². The number of hydrogen-bond acceptors (Lipinski definition) is 5. The molecule has 1 N–H and O–H groups in total. The van der Waals surface area contributed by atoms with Crippen LogP contribution in [-0.4, -0.2) is 47.0 Å². The van der Waals surface area contributed by atoms with E-state index >= 15 is 0 Å². The molecular weight excluding hydrogens is 300 g/mol. The van der Waals surface area contributed by atoms with E-state index in [0.717, 1.165) is 23.9 Å². The Morgan fingerprint density at radius 1 is 1.27 bits per heavy atom. The maximum atomic E-state index is 12.4. The van der Waals surface area contributed by atoms with Crippen LogP contribution in [0.3, 0.4) is 0 Å². The number of thiazole rings is 1. The van der Waals surface area contributed by atoms with E-state index in [2.05, 4.69) is 21.8 Å². The van der Waals surface area contributed by atoms with E-state index in [4.69, 9.17) is 0 Å². The number of rotatable bonds is 2. The number of aryl methyl sites for hydroxylation is 2. The van der Waals surface area contributed by atoms with E-state index < -0.39 is 0 Å². The second-order valence-electron chi connectivity index (χ2n) is 5.33. The first-order chi connectivity index (χ1) is 10.6. The minimum absolute atomic E-state index is 0.201. The summed E-state index contributed by atoms with van der Waals surface area (Å²) in [6, 6.07) is 3.24. The van der Waals surface area contributed by atoms with Gasteiger partial charge in [0, 0.05) is 37.3 Å². The van der Waals surface area contributed by atoms with E-state index in [0.29, 0.717) is 13.1 Å². The lowest BCUT2D eigenvalue weighted by molar-refractivity contribution is 0.0745. The van der Waals surface area contributed by atoms with Crippen molar-refractivity contribution in [2.75, 3.05) is 31.1 Å². The summed E-state index contributed by atoms with van der Waals surface area (Å²) in [6.45, 7) is 6.76. The number of hydrogen-bond donors (Lipinski definition) is 1. The fourth-order valence-electron chi connectivity index (χ4n) is 2.45. The first-order valence-corrected chi connectivity index (χ1v) is 8.04. The van der Waals surface area contributed by atoms with Crippen molar-refractivity contribution in [3.63, 3.8) is 0 Å². The predicted octanol–water partition coefficient (Wildman–Crippen LogP) is 1.41. The molecule has 2 aromatic heterocycles. The van der Waals surface area contributed by atoms with E-state index in [1.54, 1.807) is 28.4 Å². The molecule has 6 nitrogen and oxygen atoms in total. The number of pyridine rings is 1. The van der Waals surface area contributed by atoms with Gasteiger partial charge in [-0.15, -0.1) is 11.3 Å². The normalized spacial score (nSPS) is 15.2. The summed E-state index contributed by atoms with van der Waals surface area (Å²) in [5.41, 5.74) is 0.937. The number of anilines is 1. The van der Waals surface area contributed by atoms with Crippen molar-refractivity contribution in [2.45, 2.75) is 13.8 Å². The highest BCUT2D eigenvalue weighted by Crippen LogP contribution is 2.26. The first kappa shape index (κ1) is 14.8. The second-order valence-corrected chi connectivity index (χ2v) is 6.51. The summed E-state index contributed by atoms with van der Waals surface area (Å²) < 4.78 is 0. The van der Waals surface area contributed by atoms with Crippen LogP contribution in [-0.2, 0) is 0 Å². The fourth-order valence-corrected chi connectivity index (χ4v) is 3.41. The molecule has 0 unspecified atom stereocenters. The van der Waals surface area contributed by atoms with Gasteiger partial charge in [-0.05, 0) is 26.0 Å². The van der Waals surface area contributed by atoms with Gasteiger partial charge >= 0.3 is 0 Å². The van der Waals surface area contributed by atoms with Crippen LogP contribution in [0.2, 0.25) is 0 Å². The van der Waals surface area contributed by atoms with Gasteiger partial charge in [-0.3, -0.25) is 9.59 Å².